The summed E-state index contributed by atoms with van der Waals surface area (Å²) in [6.45, 7) is 5.51. The van der Waals surface area contributed by atoms with Crippen LogP contribution in [-0.4, -0.2) is 20.3 Å². The van der Waals surface area contributed by atoms with Crippen molar-refractivity contribution < 1.29 is 9.18 Å². The number of nitrogens with one attached hydrogen (secondary N) is 1. The number of carbonyl (C=O) groups excluding carboxylic acids is 1. The SMILES string of the molecule is Cc1ccc(-n2nc(C)c3c(C)cc(=O)n(CC(=O)Nc4cccc(F)c4)c32)cc1. The van der Waals surface area contributed by atoms with Gasteiger partial charge in [-0.1, -0.05) is 23.8 Å². The van der Waals surface area contributed by atoms with Gasteiger partial charge in [-0.15, -0.1) is 0 Å². The summed E-state index contributed by atoms with van der Waals surface area (Å²) < 4.78 is 16.5. The van der Waals surface area contributed by atoms with Crippen molar-refractivity contribution in [2.45, 2.75) is 27.3 Å². The van der Waals surface area contributed by atoms with Crippen molar-refractivity contribution in [2.75, 3.05) is 5.32 Å². The first-order chi connectivity index (χ1) is 14.3. The van der Waals surface area contributed by atoms with Gasteiger partial charge in [0.25, 0.3) is 5.56 Å². The quantitative estimate of drug-likeness (QED) is 0.561. The van der Waals surface area contributed by atoms with Gasteiger partial charge in [-0.2, -0.15) is 5.10 Å². The standard InChI is InChI=1S/C23H21FN4O2/c1-14-7-9-19(10-8-14)28-23-22(16(3)26-28)15(2)11-21(30)27(23)13-20(29)25-18-6-4-5-17(24)12-18/h4-12H,13H2,1-3H3,(H,25,29). The third kappa shape index (κ3) is 3.61. The zero-order chi connectivity index (χ0) is 21.4. The molecule has 1 amide bonds. The van der Waals surface area contributed by atoms with Crippen LogP contribution in [0.25, 0.3) is 16.7 Å². The third-order valence-corrected chi connectivity index (χ3v) is 4.98. The van der Waals surface area contributed by atoms with Crippen molar-refractivity contribution >= 4 is 22.6 Å². The van der Waals surface area contributed by atoms with Crippen molar-refractivity contribution in [3.8, 4) is 5.69 Å². The van der Waals surface area contributed by atoms with E-state index in [9.17, 15) is 14.0 Å². The minimum absolute atomic E-state index is 0.219. The maximum Gasteiger partial charge on any atom is 0.252 e. The Labute approximate surface area is 172 Å². The third-order valence-electron chi connectivity index (χ3n) is 4.98. The van der Waals surface area contributed by atoms with Crippen molar-refractivity contribution in [1.82, 2.24) is 14.3 Å². The van der Waals surface area contributed by atoms with Crippen molar-refractivity contribution in [2.24, 2.45) is 0 Å². The van der Waals surface area contributed by atoms with Gasteiger partial charge in [-0.05, 0) is 56.7 Å². The van der Waals surface area contributed by atoms with E-state index in [0.717, 1.165) is 27.9 Å². The van der Waals surface area contributed by atoms with E-state index in [1.54, 1.807) is 10.7 Å². The number of fused-ring (bicyclic) bond motifs is 1. The molecular formula is C23H21FN4O2. The number of hydrogen-bond donors (Lipinski definition) is 1. The van der Waals surface area contributed by atoms with Crippen molar-refractivity contribution in [3.05, 3.63) is 87.6 Å². The first-order valence-corrected chi connectivity index (χ1v) is 9.56. The number of hydrogen-bond acceptors (Lipinski definition) is 3. The summed E-state index contributed by atoms with van der Waals surface area (Å²) in [4.78, 5) is 25.5. The van der Waals surface area contributed by atoms with Gasteiger partial charge in [-0.25, -0.2) is 9.07 Å². The summed E-state index contributed by atoms with van der Waals surface area (Å²) in [5, 5.41) is 8.10. The lowest BCUT2D eigenvalue weighted by Crippen LogP contribution is -2.29. The minimum Gasteiger partial charge on any atom is -0.324 e. The molecule has 0 unspecified atom stereocenters. The Bertz CT molecular complexity index is 1320. The van der Waals surface area contributed by atoms with Gasteiger partial charge in [0.05, 0.1) is 11.4 Å². The Hall–Kier alpha value is -3.74. The molecule has 152 valence electrons. The monoisotopic (exact) mass is 404 g/mol. The molecule has 0 aliphatic rings. The molecular weight excluding hydrogens is 383 g/mol. The number of benzene rings is 2. The predicted octanol–water partition coefficient (Wildman–Crippen LogP) is 3.89. The molecule has 2 aromatic heterocycles. The molecule has 1 N–H and O–H groups in total. The second-order valence-electron chi connectivity index (χ2n) is 7.34. The van der Waals surface area contributed by atoms with E-state index < -0.39 is 11.7 Å². The van der Waals surface area contributed by atoms with Crippen LogP contribution in [0.1, 0.15) is 16.8 Å². The molecule has 4 aromatic rings. The van der Waals surface area contributed by atoms with E-state index in [-0.39, 0.29) is 12.1 Å². The Morgan fingerprint density at radius 2 is 1.80 bits per heavy atom. The van der Waals surface area contributed by atoms with E-state index in [4.69, 9.17) is 0 Å². The average molecular weight is 404 g/mol. The molecule has 0 spiro atoms. The summed E-state index contributed by atoms with van der Waals surface area (Å²) in [5.74, 6) is -0.877. The van der Waals surface area contributed by atoms with Crippen LogP contribution in [0.5, 0.6) is 0 Å². The van der Waals surface area contributed by atoms with Crippen LogP contribution in [0.4, 0.5) is 10.1 Å². The fourth-order valence-corrected chi connectivity index (χ4v) is 3.59. The number of aryl methyl sites for hydroxylation is 3. The predicted molar refractivity (Wildman–Crippen MR) is 115 cm³/mol. The topological polar surface area (TPSA) is 68.9 Å². The smallest absolute Gasteiger partial charge is 0.252 e. The van der Waals surface area contributed by atoms with Crippen molar-refractivity contribution in [3.63, 3.8) is 0 Å². The van der Waals surface area contributed by atoms with Crippen LogP contribution in [-0.2, 0) is 11.3 Å². The van der Waals surface area contributed by atoms with Crippen LogP contribution in [0.3, 0.4) is 0 Å². The Balaban J connectivity index is 1.82. The second kappa shape index (κ2) is 7.59. The molecule has 2 aromatic carbocycles. The van der Waals surface area contributed by atoms with Gasteiger partial charge in [0, 0.05) is 17.1 Å². The normalized spacial score (nSPS) is 11.1. The van der Waals surface area contributed by atoms with E-state index >= 15 is 0 Å². The second-order valence-corrected chi connectivity index (χ2v) is 7.34. The van der Waals surface area contributed by atoms with Gasteiger partial charge in [0.1, 0.15) is 18.0 Å². The van der Waals surface area contributed by atoms with Crippen LogP contribution in [0.2, 0.25) is 0 Å². The van der Waals surface area contributed by atoms with Gasteiger partial charge in [0.2, 0.25) is 5.91 Å². The van der Waals surface area contributed by atoms with Crippen LogP contribution in [0.15, 0.2) is 59.4 Å². The zero-order valence-corrected chi connectivity index (χ0v) is 16.9. The summed E-state index contributed by atoms with van der Waals surface area (Å²) >= 11 is 0. The molecule has 0 fully saturated rings. The van der Waals surface area contributed by atoms with Crippen molar-refractivity contribution in [1.29, 1.82) is 0 Å². The minimum atomic E-state index is -0.448. The highest BCUT2D eigenvalue weighted by atomic mass is 19.1. The molecule has 0 saturated carbocycles. The number of amides is 1. The van der Waals surface area contributed by atoms with Crippen LogP contribution >= 0.6 is 0 Å². The maximum absolute atomic E-state index is 13.4. The van der Waals surface area contributed by atoms with E-state index in [2.05, 4.69) is 10.4 Å². The molecule has 0 radical (unpaired) electrons. The molecule has 30 heavy (non-hydrogen) atoms. The molecule has 7 heteroatoms. The lowest BCUT2D eigenvalue weighted by Gasteiger charge is -2.13. The van der Waals surface area contributed by atoms with Gasteiger partial charge in [-0.3, -0.25) is 14.2 Å². The number of carbonyl (C=O) groups is 1. The molecule has 0 atom stereocenters. The van der Waals surface area contributed by atoms with E-state index in [1.807, 2.05) is 45.0 Å². The number of aromatic nitrogens is 3. The lowest BCUT2D eigenvalue weighted by molar-refractivity contribution is -0.116. The Morgan fingerprint density at radius 3 is 2.50 bits per heavy atom. The zero-order valence-electron chi connectivity index (χ0n) is 16.9. The fraction of sp³-hybridized carbons (Fsp3) is 0.174. The first-order valence-electron chi connectivity index (χ1n) is 9.56. The lowest BCUT2D eigenvalue weighted by atomic mass is 10.1. The molecule has 0 aliphatic heterocycles. The number of halogens is 1. The largest absolute Gasteiger partial charge is 0.324 e. The maximum atomic E-state index is 13.4. The molecule has 0 aliphatic carbocycles. The highest BCUT2D eigenvalue weighted by Gasteiger charge is 2.18. The number of nitrogens with zero attached hydrogens (tertiary/aromatic N) is 3. The summed E-state index contributed by atoms with van der Waals surface area (Å²) in [7, 11) is 0. The molecule has 2 heterocycles. The Kier molecular flexibility index (Phi) is 4.95. The molecule has 0 saturated heterocycles. The molecule has 0 bridgehead atoms. The first kappa shape index (κ1) is 19.6. The summed E-state index contributed by atoms with van der Waals surface area (Å²) in [5.41, 5.74) is 4.05. The van der Waals surface area contributed by atoms with Crippen LogP contribution < -0.4 is 10.9 Å². The number of rotatable bonds is 4. The van der Waals surface area contributed by atoms with Gasteiger partial charge >= 0.3 is 0 Å². The van der Waals surface area contributed by atoms with E-state index in [0.29, 0.717) is 11.3 Å². The van der Waals surface area contributed by atoms with Gasteiger partial charge < -0.3 is 5.32 Å². The van der Waals surface area contributed by atoms with Crippen LogP contribution in [0, 0.1) is 26.6 Å². The number of anilines is 1. The highest BCUT2D eigenvalue weighted by molar-refractivity contribution is 5.92. The molecule has 4 rings (SSSR count). The average Bonchev–Trinajstić information content (AvgIpc) is 3.03. The summed E-state index contributed by atoms with van der Waals surface area (Å²) in [6.07, 6.45) is 0. The molecule has 6 nitrogen and oxygen atoms in total. The van der Waals surface area contributed by atoms with Gasteiger partial charge in [0.15, 0.2) is 0 Å². The summed E-state index contributed by atoms with van der Waals surface area (Å²) in [6, 6.07) is 14.9. The highest BCUT2D eigenvalue weighted by Crippen LogP contribution is 2.24. The van der Waals surface area contributed by atoms with E-state index in [1.165, 1.54) is 28.8 Å². The Morgan fingerprint density at radius 1 is 1.07 bits per heavy atom. The number of pyridine rings is 1. The fourth-order valence-electron chi connectivity index (χ4n) is 3.59.